The quantitative estimate of drug-likeness (QED) is 0.704. The zero-order valence-electron chi connectivity index (χ0n) is 9.04. The Kier molecular flexibility index (Phi) is 4.94. The molecule has 3 nitrogen and oxygen atoms in total. The summed E-state index contributed by atoms with van der Waals surface area (Å²) in [5.74, 6) is 0.00275. The molecule has 0 atom stereocenters. The summed E-state index contributed by atoms with van der Waals surface area (Å²) in [6.45, 7) is 1.13. The number of carboxylic acids is 1. The first-order valence-electron chi connectivity index (χ1n) is 5.59. The SMILES string of the molecule is CN(CC(=O)O)CC1CCCCCC1. The van der Waals surface area contributed by atoms with Gasteiger partial charge in [-0.2, -0.15) is 0 Å². The third-order valence-corrected chi connectivity index (χ3v) is 2.95. The van der Waals surface area contributed by atoms with Crippen LogP contribution >= 0.6 is 0 Å². The molecule has 0 aromatic heterocycles. The molecule has 0 aromatic carbocycles. The molecule has 1 aliphatic rings. The highest BCUT2D eigenvalue weighted by Crippen LogP contribution is 2.23. The van der Waals surface area contributed by atoms with Gasteiger partial charge in [-0.1, -0.05) is 25.7 Å². The van der Waals surface area contributed by atoms with E-state index in [0.29, 0.717) is 0 Å². The topological polar surface area (TPSA) is 40.5 Å². The summed E-state index contributed by atoms with van der Waals surface area (Å²) in [6, 6.07) is 0. The second-order valence-electron chi connectivity index (χ2n) is 4.45. The molecule has 0 unspecified atom stereocenters. The predicted molar refractivity (Wildman–Crippen MR) is 56.3 cm³/mol. The van der Waals surface area contributed by atoms with Crippen molar-refractivity contribution in [3.63, 3.8) is 0 Å². The van der Waals surface area contributed by atoms with Crippen LogP contribution in [0.2, 0.25) is 0 Å². The fourth-order valence-electron chi connectivity index (χ4n) is 2.28. The molecule has 3 heteroatoms. The number of carboxylic acid groups (broad SMARTS) is 1. The number of likely N-dealkylation sites (N-methyl/N-ethyl adjacent to an activating group) is 1. The first-order chi connectivity index (χ1) is 6.68. The van der Waals surface area contributed by atoms with Crippen molar-refractivity contribution in [3.8, 4) is 0 Å². The smallest absolute Gasteiger partial charge is 0.317 e. The van der Waals surface area contributed by atoms with Crippen molar-refractivity contribution in [2.75, 3.05) is 20.1 Å². The maximum absolute atomic E-state index is 10.5. The highest BCUT2D eigenvalue weighted by molar-refractivity contribution is 5.68. The molecule has 0 heterocycles. The van der Waals surface area contributed by atoms with Gasteiger partial charge in [0.25, 0.3) is 0 Å². The Morgan fingerprint density at radius 1 is 1.29 bits per heavy atom. The molecule has 1 aliphatic carbocycles. The minimum atomic E-state index is -0.721. The summed E-state index contributed by atoms with van der Waals surface area (Å²) >= 11 is 0. The number of hydrogen-bond acceptors (Lipinski definition) is 2. The van der Waals surface area contributed by atoms with Gasteiger partial charge >= 0.3 is 5.97 Å². The summed E-state index contributed by atoms with van der Waals surface area (Å²) in [5, 5.41) is 8.63. The van der Waals surface area contributed by atoms with E-state index in [-0.39, 0.29) is 6.54 Å². The lowest BCUT2D eigenvalue weighted by Gasteiger charge is -2.21. The van der Waals surface area contributed by atoms with Gasteiger partial charge in [-0.15, -0.1) is 0 Å². The van der Waals surface area contributed by atoms with Crippen LogP contribution in [0.1, 0.15) is 38.5 Å². The second kappa shape index (κ2) is 6.02. The minimum absolute atomic E-state index is 0.177. The van der Waals surface area contributed by atoms with E-state index in [1.807, 2.05) is 11.9 Å². The van der Waals surface area contributed by atoms with E-state index >= 15 is 0 Å². The van der Waals surface area contributed by atoms with E-state index < -0.39 is 5.97 Å². The molecule has 1 rings (SSSR count). The average molecular weight is 199 g/mol. The van der Waals surface area contributed by atoms with Gasteiger partial charge in [-0.05, 0) is 25.8 Å². The molecule has 0 bridgehead atoms. The molecule has 0 saturated heterocycles. The van der Waals surface area contributed by atoms with E-state index in [0.717, 1.165) is 12.5 Å². The van der Waals surface area contributed by atoms with Gasteiger partial charge in [-0.25, -0.2) is 0 Å². The largest absolute Gasteiger partial charge is 0.480 e. The average Bonchev–Trinajstić information content (AvgIpc) is 2.31. The van der Waals surface area contributed by atoms with Crippen molar-refractivity contribution in [2.24, 2.45) is 5.92 Å². The Morgan fingerprint density at radius 2 is 1.86 bits per heavy atom. The molecule has 1 N–H and O–H groups in total. The molecule has 1 saturated carbocycles. The van der Waals surface area contributed by atoms with E-state index in [9.17, 15) is 4.79 Å². The van der Waals surface area contributed by atoms with E-state index in [4.69, 9.17) is 5.11 Å². The Hall–Kier alpha value is -0.570. The van der Waals surface area contributed by atoms with Crippen LogP contribution in [0.4, 0.5) is 0 Å². The van der Waals surface area contributed by atoms with Crippen LogP contribution in [-0.4, -0.2) is 36.1 Å². The molecule has 0 radical (unpaired) electrons. The predicted octanol–water partition coefficient (Wildman–Crippen LogP) is 1.97. The lowest BCUT2D eigenvalue weighted by molar-refractivity contribution is -0.138. The monoisotopic (exact) mass is 199 g/mol. The van der Waals surface area contributed by atoms with Gasteiger partial charge in [0.2, 0.25) is 0 Å². The van der Waals surface area contributed by atoms with Crippen LogP contribution in [0, 0.1) is 5.92 Å². The molecule has 14 heavy (non-hydrogen) atoms. The number of carbonyl (C=O) groups is 1. The van der Waals surface area contributed by atoms with Gasteiger partial charge in [0, 0.05) is 6.54 Å². The van der Waals surface area contributed by atoms with E-state index in [2.05, 4.69) is 0 Å². The molecule has 0 spiro atoms. The highest BCUT2D eigenvalue weighted by Gasteiger charge is 2.15. The molecule has 0 aliphatic heterocycles. The summed E-state index contributed by atoms with van der Waals surface area (Å²) < 4.78 is 0. The van der Waals surface area contributed by atoms with Crippen molar-refractivity contribution >= 4 is 5.97 Å². The normalized spacial score (nSPS) is 19.6. The highest BCUT2D eigenvalue weighted by atomic mass is 16.4. The lowest BCUT2D eigenvalue weighted by atomic mass is 10.00. The van der Waals surface area contributed by atoms with Crippen molar-refractivity contribution in [3.05, 3.63) is 0 Å². The van der Waals surface area contributed by atoms with Crippen molar-refractivity contribution in [2.45, 2.75) is 38.5 Å². The zero-order chi connectivity index (χ0) is 10.4. The minimum Gasteiger partial charge on any atom is -0.480 e. The molecular formula is C11H21NO2. The Morgan fingerprint density at radius 3 is 2.36 bits per heavy atom. The Labute approximate surface area is 86.1 Å². The Balaban J connectivity index is 2.23. The summed E-state index contributed by atoms with van der Waals surface area (Å²) in [4.78, 5) is 12.4. The van der Waals surface area contributed by atoms with Crippen LogP contribution in [0.3, 0.4) is 0 Å². The van der Waals surface area contributed by atoms with Crippen LogP contribution in [0.25, 0.3) is 0 Å². The van der Waals surface area contributed by atoms with Crippen LogP contribution in [0.15, 0.2) is 0 Å². The standard InChI is InChI=1S/C11H21NO2/c1-12(9-11(13)14)8-10-6-4-2-3-5-7-10/h10H,2-9H2,1H3,(H,13,14). The van der Waals surface area contributed by atoms with E-state index in [1.165, 1.54) is 38.5 Å². The Bertz CT molecular complexity index is 174. The van der Waals surface area contributed by atoms with Crippen molar-refractivity contribution in [1.29, 1.82) is 0 Å². The molecule has 0 amide bonds. The van der Waals surface area contributed by atoms with Gasteiger partial charge in [-0.3, -0.25) is 9.69 Å². The molecule has 1 fully saturated rings. The van der Waals surface area contributed by atoms with Gasteiger partial charge in [0.1, 0.15) is 0 Å². The molecule has 82 valence electrons. The zero-order valence-corrected chi connectivity index (χ0v) is 9.04. The van der Waals surface area contributed by atoms with Gasteiger partial charge < -0.3 is 5.11 Å². The first kappa shape index (κ1) is 11.5. The fraction of sp³-hybridized carbons (Fsp3) is 0.909. The van der Waals surface area contributed by atoms with Crippen LogP contribution in [0.5, 0.6) is 0 Å². The third kappa shape index (κ3) is 4.61. The van der Waals surface area contributed by atoms with Crippen molar-refractivity contribution < 1.29 is 9.90 Å². The summed E-state index contributed by atoms with van der Waals surface area (Å²) in [6.07, 6.45) is 7.93. The van der Waals surface area contributed by atoms with Crippen LogP contribution in [-0.2, 0) is 4.79 Å². The maximum Gasteiger partial charge on any atom is 0.317 e. The number of hydrogen-bond donors (Lipinski definition) is 1. The number of rotatable bonds is 4. The fourth-order valence-corrected chi connectivity index (χ4v) is 2.28. The molecular weight excluding hydrogens is 178 g/mol. The first-order valence-corrected chi connectivity index (χ1v) is 5.59. The lowest BCUT2D eigenvalue weighted by Crippen LogP contribution is -2.30. The molecule has 0 aromatic rings. The van der Waals surface area contributed by atoms with Gasteiger partial charge in [0.05, 0.1) is 6.54 Å². The number of nitrogens with zero attached hydrogens (tertiary/aromatic N) is 1. The van der Waals surface area contributed by atoms with Gasteiger partial charge in [0.15, 0.2) is 0 Å². The van der Waals surface area contributed by atoms with E-state index in [1.54, 1.807) is 0 Å². The number of aliphatic carboxylic acids is 1. The summed E-state index contributed by atoms with van der Waals surface area (Å²) in [7, 11) is 1.90. The van der Waals surface area contributed by atoms with Crippen LogP contribution < -0.4 is 0 Å². The third-order valence-electron chi connectivity index (χ3n) is 2.95. The maximum atomic E-state index is 10.5. The summed E-state index contributed by atoms with van der Waals surface area (Å²) in [5.41, 5.74) is 0. The van der Waals surface area contributed by atoms with Crippen molar-refractivity contribution in [1.82, 2.24) is 4.90 Å². The second-order valence-corrected chi connectivity index (χ2v) is 4.45.